The van der Waals surface area contributed by atoms with Crippen LogP contribution in [-0.2, 0) is 10.1 Å². The van der Waals surface area contributed by atoms with E-state index in [-0.39, 0.29) is 16.8 Å². The van der Waals surface area contributed by atoms with Crippen molar-refractivity contribution in [3.63, 3.8) is 0 Å². The summed E-state index contributed by atoms with van der Waals surface area (Å²) in [7, 11) is -3.83. The van der Waals surface area contributed by atoms with Crippen LogP contribution in [-0.4, -0.2) is 36.3 Å². The summed E-state index contributed by atoms with van der Waals surface area (Å²) in [6.45, 7) is 7.25. The van der Waals surface area contributed by atoms with Gasteiger partial charge in [-0.1, -0.05) is 103 Å². The van der Waals surface area contributed by atoms with Gasteiger partial charge in [-0.3, -0.25) is 4.55 Å². The molecule has 0 aromatic rings. The molecule has 0 aromatic heterocycles. The third-order valence-electron chi connectivity index (χ3n) is 5.59. The summed E-state index contributed by atoms with van der Waals surface area (Å²) < 4.78 is 30.2. The van der Waals surface area contributed by atoms with E-state index < -0.39 is 10.1 Å². The Morgan fingerprint density at radius 2 is 1.07 bits per heavy atom. The van der Waals surface area contributed by atoms with Crippen molar-refractivity contribution in [1.29, 1.82) is 0 Å². The fraction of sp³-hybridized carbons (Fsp3) is 1.00. The maximum atomic E-state index is 10.7. The molecule has 29 heavy (non-hydrogen) atoms. The molecule has 0 rings (SSSR count). The van der Waals surface area contributed by atoms with Gasteiger partial charge in [-0.05, 0) is 33.2 Å². The van der Waals surface area contributed by atoms with Gasteiger partial charge in [0.1, 0.15) is 0 Å². The van der Waals surface area contributed by atoms with Gasteiger partial charge in [0, 0.05) is 5.54 Å². The van der Waals surface area contributed by atoms with Gasteiger partial charge < -0.3 is 10.8 Å². The molecule has 0 fully saturated rings. The lowest BCUT2D eigenvalue weighted by Gasteiger charge is -2.26. The first kappa shape index (κ1) is 31.0. The predicted molar refractivity (Wildman–Crippen MR) is 126 cm³/mol. The summed E-state index contributed by atoms with van der Waals surface area (Å²) in [6.07, 6.45) is 22.3. The third kappa shape index (κ3) is 25.8. The number of hydrogen-bond acceptors (Lipinski definition) is 3. The average molecular weight is 438 g/mol. The van der Waals surface area contributed by atoms with E-state index in [0.717, 1.165) is 6.42 Å². The maximum absolute atomic E-state index is 10.7. The standard InChI is InChI=1S/C23H49NO3S.H2O/c1-4-5-6-7-8-9-10-11-12-13-14-15-16-17-18-20-23(2,3)24-21-19-22-28(25,26)27;/h24H,4-22H2,1-3H3,(H,25,26,27);1H2. The fourth-order valence-corrected chi connectivity index (χ4v) is 4.22. The Kier molecular flexibility index (Phi) is 21.2. The molecule has 0 saturated carbocycles. The largest absolute Gasteiger partial charge is 0.412 e. The van der Waals surface area contributed by atoms with Crippen molar-refractivity contribution in [2.45, 2.75) is 135 Å². The van der Waals surface area contributed by atoms with Gasteiger partial charge in [-0.15, -0.1) is 0 Å². The number of nitrogens with one attached hydrogen (secondary N) is 1. The highest BCUT2D eigenvalue weighted by atomic mass is 32.2. The lowest BCUT2D eigenvalue weighted by atomic mass is 9.95. The van der Waals surface area contributed by atoms with Crippen LogP contribution in [0.5, 0.6) is 0 Å². The van der Waals surface area contributed by atoms with E-state index in [4.69, 9.17) is 4.55 Å². The van der Waals surface area contributed by atoms with Crippen LogP contribution in [0.1, 0.15) is 130 Å². The highest BCUT2D eigenvalue weighted by Crippen LogP contribution is 2.17. The van der Waals surface area contributed by atoms with Crippen LogP contribution in [0.2, 0.25) is 0 Å². The zero-order valence-electron chi connectivity index (χ0n) is 19.6. The van der Waals surface area contributed by atoms with Crippen molar-refractivity contribution in [1.82, 2.24) is 5.32 Å². The Morgan fingerprint density at radius 1 is 0.690 bits per heavy atom. The first-order chi connectivity index (χ1) is 13.3. The van der Waals surface area contributed by atoms with Crippen molar-refractivity contribution in [3.8, 4) is 0 Å². The van der Waals surface area contributed by atoms with Gasteiger partial charge in [0.05, 0.1) is 5.75 Å². The lowest BCUT2D eigenvalue weighted by Crippen LogP contribution is -2.40. The lowest BCUT2D eigenvalue weighted by molar-refractivity contribution is 0.347. The van der Waals surface area contributed by atoms with E-state index in [1.807, 2.05) is 0 Å². The van der Waals surface area contributed by atoms with E-state index in [2.05, 4.69) is 26.1 Å². The summed E-state index contributed by atoms with van der Waals surface area (Å²) in [5, 5.41) is 3.41. The van der Waals surface area contributed by atoms with E-state index in [0.29, 0.717) is 13.0 Å². The van der Waals surface area contributed by atoms with Crippen molar-refractivity contribution in [2.75, 3.05) is 12.3 Å². The van der Waals surface area contributed by atoms with Gasteiger partial charge >= 0.3 is 0 Å². The normalized spacial score (nSPS) is 12.1. The molecule has 0 unspecified atom stereocenters. The molecule has 0 atom stereocenters. The van der Waals surface area contributed by atoms with Crippen molar-refractivity contribution < 1.29 is 18.4 Å². The molecule has 0 bridgehead atoms. The topological polar surface area (TPSA) is 97.9 Å². The SMILES string of the molecule is CCCCCCCCCCCCCCCCCC(C)(C)NCCCS(=O)(=O)O.O. The first-order valence-electron chi connectivity index (χ1n) is 12.0. The summed E-state index contributed by atoms with van der Waals surface area (Å²) in [5.74, 6) is -0.158. The molecule has 4 N–H and O–H groups in total. The molecule has 0 aliphatic rings. The molecular formula is C23H51NO4S. The van der Waals surface area contributed by atoms with Crippen molar-refractivity contribution >= 4 is 10.1 Å². The van der Waals surface area contributed by atoms with Crippen molar-refractivity contribution in [2.24, 2.45) is 0 Å². The summed E-state index contributed by atoms with van der Waals surface area (Å²) >= 11 is 0. The Balaban J connectivity index is 0. The maximum Gasteiger partial charge on any atom is 0.264 e. The number of hydrogen-bond donors (Lipinski definition) is 2. The second kappa shape index (κ2) is 19.8. The molecule has 0 aliphatic carbocycles. The predicted octanol–water partition coefficient (Wildman–Crippen LogP) is 6.07. The van der Waals surface area contributed by atoms with Gasteiger partial charge in [0.25, 0.3) is 10.1 Å². The zero-order valence-corrected chi connectivity index (χ0v) is 20.4. The molecule has 6 heteroatoms. The fourth-order valence-electron chi connectivity index (χ4n) is 3.71. The number of rotatable bonds is 21. The smallest absolute Gasteiger partial charge is 0.264 e. The van der Waals surface area contributed by atoms with E-state index in [9.17, 15) is 8.42 Å². The highest BCUT2D eigenvalue weighted by Gasteiger charge is 2.16. The molecule has 0 saturated heterocycles. The number of unbranched alkanes of at least 4 members (excludes halogenated alkanes) is 14. The van der Waals surface area contributed by atoms with Gasteiger partial charge in [0.15, 0.2) is 0 Å². The quantitative estimate of drug-likeness (QED) is 0.168. The second-order valence-electron chi connectivity index (χ2n) is 9.15. The summed E-state index contributed by atoms with van der Waals surface area (Å²) in [4.78, 5) is 0. The second-order valence-corrected chi connectivity index (χ2v) is 10.7. The third-order valence-corrected chi connectivity index (χ3v) is 6.39. The Bertz CT molecular complexity index is 438. The molecule has 0 spiro atoms. The molecule has 5 nitrogen and oxygen atoms in total. The molecular weight excluding hydrogens is 386 g/mol. The van der Waals surface area contributed by atoms with Crippen LogP contribution in [0.15, 0.2) is 0 Å². The Hall–Kier alpha value is -0.170. The van der Waals surface area contributed by atoms with Crippen LogP contribution in [0.4, 0.5) is 0 Å². The minimum atomic E-state index is -3.83. The van der Waals surface area contributed by atoms with Crippen LogP contribution in [0.25, 0.3) is 0 Å². The average Bonchev–Trinajstić information content (AvgIpc) is 2.61. The van der Waals surface area contributed by atoms with Crippen LogP contribution < -0.4 is 5.32 Å². The van der Waals surface area contributed by atoms with E-state index >= 15 is 0 Å². The molecule has 0 aromatic carbocycles. The summed E-state index contributed by atoms with van der Waals surface area (Å²) in [6, 6.07) is 0. The Labute approximate surface area is 181 Å². The zero-order chi connectivity index (χ0) is 21.1. The molecule has 0 radical (unpaired) electrons. The molecule has 0 heterocycles. The highest BCUT2D eigenvalue weighted by molar-refractivity contribution is 7.85. The molecule has 0 amide bonds. The van der Waals surface area contributed by atoms with Crippen LogP contribution in [0, 0.1) is 0 Å². The Morgan fingerprint density at radius 3 is 1.45 bits per heavy atom. The molecule has 178 valence electrons. The van der Waals surface area contributed by atoms with Gasteiger partial charge in [0.2, 0.25) is 0 Å². The van der Waals surface area contributed by atoms with Crippen LogP contribution in [0.3, 0.4) is 0 Å². The van der Waals surface area contributed by atoms with E-state index in [1.165, 1.54) is 96.3 Å². The monoisotopic (exact) mass is 437 g/mol. The first-order valence-corrected chi connectivity index (χ1v) is 13.6. The minimum absolute atomic E-state index is 0. The minimum Gasteiger partial charge on any atom is -0.412 e. The van der Waals surface area contributed by atoms with Crippen molar-refractivity contribution in [3.05, 3.63) is 0 Å². The molecule has 0 aliphatic heterocycles. The van der Waals surface area contributed by atoms with Gasteiger partial charge in [-0.2, -0.15) is 8.42 Å². The van der Waals surface area contributed by atoms with Crippen LogP contribution >= 0.6 is 0 Å². The summed E-state index contributed by atoms with van der Waals surface area (Å²) in [5.41, 5.74) is 0.0375. The van der Waals surface area contributed by atoms with Gasteiger partial charge in [-0.25, -0.2) is 0 Å². The van der Waals surface area contributed by atoms with E-state index in [1.54, 1.807) is 0 Å².